The molecule has 0 N–H and O–H groups in total. The number of carbonyl (C=O) groups is 2. The third kappa shape index (κ3) is 1.88. The Balaban J connectivity index is 1.76. The van der Waals surface area contributed by atoms with Gasteiger partial charge in [0.2, 0.25) is 5.91 Å². The summed E-state index contributed by atoms with van der Waals surface area (Å²) in [6.07, 6.45) is 5.76. The van der Waals surface area contributed by atoms with Crippen LogP contribution in [0.25, 0.3) is 0 Å². The average Bonchev–Trinajstić information content (AvgIpc) is 2.27. The number of nitriles is 1. The van der Waals surface area contributed by atoms with E-state index < -0.39 is 5.41 Å². The summed E-state index contributed by atoms with van der Waals surface area (Å²) in [4.78, 5) is 26.2. The average molecular weight is 272 g/mol. The van der Waals surface area contributed by atoms with Crippen molar-refractivity contribution in [2.75, 3.05) is 13.1 Å². The maximum Gasteiger partial charge on any atom is 0.225 e. The number of amides is 1. The van der Waals surface area contributed by atoms with Gasteiger partial charge in [-0.3, -0.25) is 9.59 Å². The molecule has 1 heterocycles. The maximum atomic E-state index is 12.2. The molecule has 0 unspecified atom stereocenters. The van der Waals surface area contributed by atoms with Gasteiger partial charge in [0, 0.05) is 29.8 Å². The Morgan fingerprint density at radius 2 is 2.05 bits per heavy atom. The standard InChI is InChI=1S/C16H20N2O2/c1-15(2)8-16(6-12(7-17)13(15)19)9-18(10-16)14(20)11-4-3-5-11/h6,11H,3-5,8-10H2,1-2H3. The van der Waals surface area contributed by atoms with Gasteiger partial charge in [-0.05, 0) is 19.3 Å². The van der Waals surface area contributed by atoms with Gasteiger partial charge in [-0.25, -0.2) is 0 Å². The van der Waals surface area contributed by atoms with Crippen molar-refractivity contribution in [3.8, 4) is 6.07 Å². The predicted octanol–water partition coefficient (Wildman–Crippen LogP) is 2.06. The molecule has 106 valence electrons. The van der Waals surface area contributed by atoms with Gasteiger partial charge in [-0.2, -0.15) is 5.26 Å². The molecule has 0 aromatic carbocycles. The highest BCUT2D eigenvalue weighted by molar-refractivity contribution is 6.03. The lowest BCUT2D eigenvalue weighted by atomic mass is 9.61. The molecule has 1 aliphatic heterocycles. The van der Waals surface area contributed by atoms with Crippen molar-refractivity contribution in [1.29, 1.82) is 5.26 Å². The summed E-state index contributed by atoms with van der Waals surface area (Å²) in [5.74, 6) is 0.433. The Morgan fingerprint density at radius 1 is 1.40 bits per heavy atom. The summed E-state index contributed by atoms with van der Waals surface area (Å²) in [6.45, 7) is 5.14. The van der Waals surface area contributed by atoms with E-state index in [2.05, 4.69) is 0 Å². The normalized spacial score (nSPS) is 27.4. The van der Waals surface area contributed by atoms with Gasteiger partial charge in [0.25, 0.3) is 0 Å². The second-order valence-corrected chi connectivity index (χ2v) is 7.24. The Bertz CT molecular complexity index is 543. The molecule has 3 rings (SSSR count). The van der Waals surface area contributed by atoms with E-state index in [1.807, 2.05) is 30.9 Å². The number of rotatable bonds is 1. The number of allylic oxidation sites excluding steroid dienone is 1. The van der Waals surface area contributed by atoms with Crippen LogP contribution in [0.1, 0.15) is 39.5 Å². The van der Waals surface area contributed by atoms with Crippen LogP contribution in [-0.4, -0.2) is 29.7 Å². The van der Waals surface area contributed by atoms with Crippen molar-refractivity contribution in [1.82, 2.24) is 4.90 Å². The first-order valence-electron chi connectivity index (χ1n) is 7.33. The van der Waals surface area contributed by atoms with E-state index >= 15 is 0 Å². The smallest absolute Gasteiger partial charge is 0.225 e. The Labute approximate surface area is 119 Å². The molecule has 4 nitrogen and oxygen atoms in total. The van der Waals surface area contributed by atoms with E-state index in [1.54, 1.807) is 0 Å². The first kappa shape index (κ1) is 13.4. The Hall–Kier alpha value is -1.63. The third-order valence-corrected chi connectivity index (χ3v) is 5.00. The van der Waals surface area contributed by atoms with Gasteiger partial charge in [-0.15, -0.1) is 0 Å². The fraction of sp³-hybridized carbons (Fsp3) is 0.688. The SMILES string of the molecule is CC1(C)CC2(C=C(C#N)C1=O)CN(C(=O)C1CCC1)C2. The van der Waals surface area contributed by atoms with Crippen LogP contribution in [0.2, 0.25) is 0 Å². The minimum Gasteiger partial charge on any atom is -0.341 e. The monoisotopic (exact) mass is 272 g/mol. The largest absolute Gasteiger partial charge is 0.341 e. The van der Waals surface area contributed by atoms with Crippen LogP contribution in [0.5, 0.6) is 0 Å². The summed E-state index contributed by atoms with van der Waals surface area (Å²) >= 11 is 0. The van der Waals surface area contributed by atoms with E-state index in [9.17, 15) is 9.59 Å². The predicted molar refractivity (Wildman–Crippen MR) is 73.5 cm³/mol. The molecule has 1 saturated heterocycles. The van der Waals surface area contributed by atoms with Gasteiger partial charge in [-0.1, -0.05) is 26.3 Å². The number of hydrogen-bond donors (Lipinski definition) is 0. The highest BCUT2D eigenvalue weighted by Gasteiger charge is 2.52. The first-order chi connectivity index (χ1) is 9.37. The fourth-order valence-corrected chi connectivity index (χ4v) is 3.82. The highest BCUT2D eigenvalue weighted by Crippen LogP contribution is 2.48. The number of hydrogen-bond acceptors (Lipinski definition) is 3. The summed E-state index contributed by atoms with van der Waals surface area (Å²) in [5, 5.41) is 9.14. The van der Waals surface area contributed by atoms with Crippen molar-refractivity contribution in [2.45, 2.75) is 39.5 Å². The van der Waals surface area contributed by atoms with Crippen molar-refractivity contribution in [2.24, 2.45) is 16.7 Å². The van der Waals surface area contributed by atoms with E-state index in [4.69, 9.17) is 5.26 Å². The zero-order chi connectivity index (χ0) is 14.5. The quantitative estimate of drug-likeness (QED) is 0.734. The Kier molecular flexibility index (Phi) is 2.79. The van der Waals surface area contributed by atoms with E-state index in [0.29, 0.717) is 13.1 Å². The lowest BCUT2D eigenvalue weighted by molar-refractivity contribution is -0.150. The summed E-state index contributed by atoms with van der Waals surface area (Å²) in [7, 11) is 0. The fourth-order valence-electron chi connectivity index (χ4n) is 3.82. The first-order valence-corrected chi connectivity index (χ1v) is 7.33. The van der Waals surface area contributed by atoms with Gasteiger partial charge in [0.1, 0.15) is 6.07 Å². The molecule has 0 aromatic rings. The maximum absolute atomic E-state index is 12.2. The number of carbonyl (C=O) groups excluding carboxylic acids is 2. The van der Waals surface area contributed by atoms with Crippen LogP contribution in [0, 0.1) is 28.1 Å². The molecule has 3 aliphatic rings. The van der Waals surface area contributed by atoms with Crippen molar-refractivity contribution in [3.05, 3.63) is 11.6 Å². The second-order valence-electron chi connectivity index (χ2n) is 7.24. The molecule has 20 heavy (non-hydrogen) atoms. The lowest BCUT2D eigenvalue weighted by Gasteiger charge is -2.54. The van der Waals surface area contributed by atoms with Crippen LogP contribution in [-0.2, 0) is 9.59 Å². The second kappa shape index (κ2) is 4.18. The van der Waals surface area contributed by atoms with E-state index in [0.717, 1.165) is 25.7 Å². The van der Waals surface area contributed by atoms with Crippen LogP contribution in [0.4, 0.5) is 0 Å². The zero-order valence-corrected chi connectivity index (χ0v) is 12.1. The van der Waals surface area contributed by atoms with Gasteiger partial charge in [0.05, 0.1) is 5.57 Å². The van der Waals surface area contributed by atoms with Crippen LogP contribution >= 0.6 is 0 Å². The summed E-state index contributed by atoms with van der Waals surface area (Å²) in [5.41, 5.74) is -0.371. The molecule has 1 spiro atoms. The Morgan fingerprint density at radius 3 is 2.55 bits per heavy atom. The number of ketones is 1. The minimum atomic E-state index is -0.495. The van der Waals surface area contributed by atoms with Gasteiger partial charge >= 0.3 is 0 Å². The molecule has 4 heteroatoms. The molecule has 0 bridgehead atoms. The lowest BCUT2D eigenvalue weighted by Crippen LogP contribution is -2.62. The van der Waals surface area contributed by atoms with Crippen LogP contribution in [0.3, 0.4) is 0 Å². The number of Topliss-reactive ketones (excluding diaryl/α,β-unsaturated/α-hetero) is 1. The molecule has 2 fully saturated rings. The zero-order valence-electron chi connectivity index (χ0n) is 12.1. The number of likely N-dealkylation sites (tertiary alicyclic amines) is 1. The molecule has 0 aromatic heterocycles. The minimum absolute atomic E-state index is 0.0607. The van der Waals surface area contributed by atoms with Gasteiger partial charge < -0.3 is 4.90 Å². The van der Waals surface area contributed by atoms with Crippen molar-refractivity contribution >= 4 is 11.7 Å². The van der Waals surface area contributed by atoms with Crippen LogP contribution in [0.15, 0.2) is 11.6 Å². The molecule has 2 aliphatic carbocycles. The molecule has 1 saturated carbocycles. The summed E-state index contributed by atoms with van der Waals surface area (Å²) in [6, 6.07) is 2.03. The molecular weight excluding hydrogens is 252 g/mol. The summed E-state index contributed by atoms with van der Waals surface area (Å²) < 4.78 is 0. The molecular formula is C16H20N2O2. The van der Waals surface area contributed by atoms with E-state index in [1.165, 1.54) is 0 Å². The highest BCUT2D eigenvalue weighted by atomic mass is 16.2. The van der Waals surface area contributed by atoms with Crippen LogP contribution < -0.4 is 0 Å². The topological polar surface area (TPSA) is 61.2 Å². The van der Waals surface area contributed by atoms with Crippen molar-refractivity contribution in [3.63, 3.8) is 0 Å². The van der Waals surface area contributed by atoms with Gasteiger partial charge in [0.15, 0.2) is 5.78 Å². The van der Waals surface area contributed by atoms with E-state index in [-0.39, 0.29) is 28.6 Å². The molecule has 0 radical (unpaired) electrons. The number of nitrogens with zero attached hydrogens (tertiary/aromatic N) is 2. The van der Waals surface area contributed by atoms with Crippen molar-refractivity contribution < 1.29 is 9.59 Å². The molecule has 1 amide bonds. The molecule has 0 atom stereocenters. The third-order valence-electron chi connectivity index (χ3n) is 5.00.